The normalized spacial score (nSPS) is 10.4. The number of hydrogen-bond donors (Lipinski definition) is 2. The van der Waals surface area contributed by atoms with Gasteiger partial charge in [-0.05, 0) is 29.8 Å². The molecule has 0 aliphatic carbocycles. The maximum absolute atomic E-state index is 12.9. The van der Waals surface area contributed by atoms with Gasteiger partial charge in [-0.1, -0.05) is 6.07 Å². The molecule has 5 heteroatoms. The van der Waals surface area contributed by atoms with Gasteiger partial charge in [0.25, 0.3) is 0 Å². The fourth-order valence-corrected chi connectivity index (χ4v) is 1.53. The molecule has 0 aromatic heterocycles. The molecular formula is C13H10F3NO. The van der Waals surface area contributed by atoms with E-state index in [1.54, 1.807) is 12.1 Å². The van der Waals surface area contributed by atoms with E-state index < -0.39 is 17.5 Å². The zero-order valence-corrected chi connectivity index (χ0v) is 9.25. The highest BCUT2D eigenvalue weighted by Gasteiger charge is 2.10. The predicted octanol–water partition coefficient (Wildman–Crippen LogP) is 3.42. The molecule has 0 atom stereocenters. The molecule has 94 valence electrons. The van der Waals surface area contributed by atoms with Crippen molar-refractivity contribution in [1.29, 1.82) is 0 Å². The van der Waals surface area contributed by atoms with E-state index >= 15 is 0 Å². The van der Waals surface area contributed by atoms with Gasteiger partial charge >= 0.3 is 0 Å². The average molecular weight is 253 g/mol. The summed E-state index contributed by atoms with van der Waals surface area (Å²) in [6.07, 6.45) is 0. The lowest BCUT2D eigenvalue weighted by atomic mass is 10.2. The zero-order valence-electron chi connectivity index (χ0n) is 9.25. The van der Waals surface area contributed by atoms with Crippen LogP contribution in [0.2, 0.25) is 0 Å². The van der Waals surface area contributed by atoms with E-state index in [0.717, 1.165) is 12.1 Å². The lowest BCUT2D eigenvalue weighted by molar-refractivity contribution is 0.445. The van der Waals surface area contributed by atoms with Crippen LogP contribution in [-0.2, 0) is 6.54 Å². The Bertz CT molecular complexity index is 549. The first-order chi connectivity index (χ1) is 8.56. The largest absolute Gasteiger partial charge is 0.508 e. The van der Waals surface area contributed by atoms with Crippen molar-refractivity contribution in [2.75, 3.05) is 5.32 Å². The molecule has 0 fully saturated rings. The minimum atomic E-state index is -1.48. The summed E-state index contributed by atoms with van der Waals surface area (Å²) in [6, 6.07) is 8.14. The van der Waals surface area contributed by atoms with Crippen LogP contribution in [0.1, 0.15) is 5.56 Å². The molecule has 0 saturated heterocycles. The number of aromatic hydroxyl groups is 1. The summed E-state index contributed by atoms with van der Waals surface area (Å²) in [4.78, 5) is 0. The van der Waals surface area contributed by atoms with E-state index in [9.17, 15) is 18.3 Å². The molecule has 0 unspecified atom stereocenters. The monoisotopic (exact) mass is 253 g/mol. The van der Waals surface area contributed by atoms with E-state index in [1.807, 2.05) is 0 Å². The van der Waals surface area contributed by atoms with Gasteiger partial charge < -0.3 is 10.4 Å². The van der Waals surface area contributed by atoms with E-state index in [1.165, 1.54) is 12.1 Å². The van der Waals surface area contributed by atoms with Crippen LogP contribution in [0.15, 0.2) is 36.4 Å². The lowest BCUT2D eigenvalue weighted by Gasteiger charge is -2.07. The second kappa shape index (κ2) is 5.00. The number of nitrogens with one attached hydrogen (secondary N) is 1. The molecule has 2 aromatic carbocycles. The van der Waals surface area contributed by atoms with Crippen molar-refractivity contribution in [2.45, 2.75) is 6.54 Å². The Kier molecular flexibility index (Phi) is 3.41. The Morgan fingerprint density at radius 2 is 1.67 bits per heavy atom. The van der Waals surface area contributed by atoms with Crippen LogP contribution < -0.4 is 5.32 Å². The molecule has 2 nitrogen and oxygen atoms in total. The van der Waals surface area contributed by atoms with Crippen LogP contribution in [0.4, 0.5) is 18.9 Å². The first-order valence-electron chi connectivity index (χ1n) is 5.22. The van der Waals surface area contributed by atoms with Crippen molar-refractivity contribution in [1.82, 2.24) is 0 Å². The van der Waals surface area contributed by atoms with Crippen molar-refractivity contribution in [2.24, 2.45) is 0 Å². The van der Waals surface area contributed by atoms with Gasteiger partial charge in [0.1, 0.15) is 5.75 Å². The third kappa shape index (κ3) is 2.74. The van der Waals surface area contributed by atoms with Crippen LogP contribution in [0.5, 0.6) is 5.75 Å². The minimum absolute atomic E-state index is 0.0801. The second-order valence-corrected chi connectivity index (χ2v) is 3.78. The number of anilines is 1. The third-order valence-corrected chi connectivity index (χ3v) is 2.39. The van der Waals surface area contributed by atoms with Gasteiger partial charge in [-0.15, -0.1) is 0 Å². The van der Waals surface area contributed by atoms with E-state index in [0.29, 0.717) is 5.69 Å². The van der Waals surface area contributed by atoms with Crippen LogP contribution in [0.25, 0.3) is 0 Å². The first kappa shape index (κ1) is 12.3. The maximum atomic E-state index is 12.9. The van der Waals surface area contributed by atoms with Crippen molar-refractivity contribution in [3.8, 4) is 5.75 Å². The molecule has 0 amide bonds. The average Bonchev–Trinajstić information content (AvgIpc) is 2.33. The van der Waals surface area contributed by atoms with Crippen molar-refractivity contribution in [3.05, 3.63) is 59.4 Å². The number of hydrogen-bond acceptors (Lipinski definition) is 2. The van der Waals surface area contributed by atoms with Gasteiger partial charge in [-0.3, -0.25) is 0 Å². The molecule has 18 heavy (non-hydrogen) atoms. The molecule has 2 N–H and O–H groups in total. The number of rotatable bonds is 3. The smallest absolute Gasteiger partial charge is 0.194 e. The number of benzene rings is 2. The highest BCUT2D eigenvalue weighted by atomic mass is 19.2. The molecule has 0 spiro atoms. The molecule has 2 rings (SSSR count). The summed E-state index contributed by atoms with van der Waals surface area (Å²) in [7, 11) is 0. The van der Waals surface area contributed by atoms with Crippen LogP contribution >= 0.6 is 0 Å². The van der Waals surface area contributed by atoms with Gasteiger partial charge in [0.05, 0.1) is 0 Å². The summed E-state index contributed by atoms with van der Waals surface area (Å²) in [5, 5.41) is 12.1. The van der Waals surface area contributed by atoms with Crippen LogP contribution in [0.3, 0.4) is 0 Å². The highest BCUT2D eigenvalue weighted by Crippen LogP contribution is 2.18. The van der Waals surface area contributed by atoms with E-state index in [2.05, 4.69) is 5.32 Å². The van der Waals surface area contributed by atoms with Crippen molar-refractivity contribution in [3.63, 3.8) is 0 Å². The minimum Gasteiger partial charge on any atom is -0.508 e. The second-order valence-electron chi connectivity index (χ2n) is 3.78. The molecule has 0 aliphatic heterocycles. The number of halogens is 3. The number of phenolic OH excluding ortho intramolecular Hbond substituents is 1. The molecule has 0 heterocycles. The Labute approximate surface area is 102 Å². The standard InChI is InChI=1S/C13H10F3NO/c14-11-4-8(5-12(15)13(11)16)7-17-9-2-1-3-10(18)6-9/h1-6,17-18H,7H2. The fourth-order valence-electron chi connectivity index (χ4n) is 1.53. The number of phenols is 1. The SMILES string of the molecule is Oc1cccc(NCc2cc(F)c(F)c(F)c2)c1. The lowest BCUT2D eigenvalue weighted by Crippen LogP contribution is -2.02. The van der Waals surface area contributed by atoms with E-state index in [4.69, 9.17) is 0 Å². The van der Waals surface area contributed by atoms with Gasteiger partial charge in [0.2, 0.25) is 0 Å². The van der Waals surface area contributed by atoms with Crippen molar-refractivity contribution >= 4 is 5.69 Å². The topological polar surface area (TPSA) is 32.3 Å². The summed E-state index contributed by atoms with van der Waals surface area (Å²) < 4.78 is 38.6. The third-order valence-electron chi connectivity index (χ3n) is 2.39. The van der Waals surface area contributed by atoms with Gasteiger partial charge in [-0.2, -0.15) is 0 Å². The van der Waals surface area contributed by atoms with Gasteiger partial charge in [0.15, 0.2) is 17.5 Å². The molecule has 0 saturated carbocycles. The Morgan fingerprint density at radius 3 is 2.28 bits per heavy atom. The molecule has 0 bridgehead atoms. The molecule has 0 aliphatic rings. The van der Waals surface area contributed by atoms with Crippen LogP contribution in [0, 0.1) is 17.5 Å². The summed E-state index contributed by atoms with van der Waals surface area (Å²) >= 11 is 0. The Hall–Kier alpha value is -2.17. The maximum Gasteiger partial charge on any atom is 0.194 e. The fraction of sp³-hybridized carbons (Fsp3) is 0.0769. The van der Waals surface area contributed by atoms with Gasteiger partial charge in [-0.25, -0.2) is 13.2 Å². The summed E-state index contributed by atoms with van der Waals surface area (Å²) in [5.74, 6) is -3.84. The molecule has 2 aromatic rings. The van der Waals surface area contributed by atoms with Gasteiger partial charge in [0, 0.05) is 18.3 Å². The predicted molar refractivity (Wildman–Crippen MR) is 61.7 cm³/mol. The molecule has 0 radical (unpaired) electrons. The summed E-state index contributed by atoms with van der Waals surface area (Å²) in [5.41, 5.74) is 0.870. The Morgan fingerprint density at radius 1 is 1.00 bits per heavy atom. The van der Waals surface area contributed by atoms with Crippen LogP contribution in [-0.4, -0.2) is 5.11 Å². The van der Waals surface area contributed by atoms with E-state index in [-0.39, 0.29) is 17.9 Å². The zero-order chi connectivity index (χ0) is 13.1. The Balaban J connectivity index is 2.11. The quantitative estimate of drug-likeness (QED) is 0.821. The summed E-state index contributed by atoms with van der Waals surface area (Å²) in [6.45, 7) is 0.123. The molecular weight excluding hydrogens is 243 g/mol. The van der Waals surface area contributed by atoms with Crippen molar-refractivity contribution < 1.29 is 18.3 Å². The highest BCUT2D eigenvalue weighted by molar-refractivity contribution is 5.48. The first-order valence-corrected chi connectivity index (χ1v) is 5.22.